The maximum Gasteiger partial charge on any atom is 0.232 e. The van der Waals surface area contributed by atoms with Crippen LogP contribution >= 0.6 is 0 Å². The second-order valence-corrected chi connectivity index (χ2v) is 6.64. The number of nitrogens with one attached hydrogen (secondary N) is 1. The number of anilines is 1. The van der Waals surface area contributed by atoms with Crippen molar-refractivity contribution in [1.82, 2.24) is 14.5 Å². The van der Waals surface area contributed by atoms with Gasteiger partial charge in [-0.25, -0.2) is 9.97 Å². The Morgan fingerprint density at radius 2 is 2.19 bits per heavy atom. The summed E-state index contributed by atoms with van der Waals surface area (Å²) in [6, 6.07) is 10.2. The van der Waals surface area contributed by atoms with Crippen molar-refractivity contribution in [2.45, 2.75) is 31.2 Å². The highest BCUT2D eigenvalue weighted by Gasteiger charge is 2.43. The van der Waals surface area contributed by atoms with Gasteiger partial charge in [0.1, 0.15) is 11.8 Å². The smallest absolute Gasteiger partial charge is 0.232 e. The molecule has 2 aromatic heterocycles. The van der Waals surface area contributed by atoms with E-state index in [-0.39, 0.29) is 5.92 Å². The minimum Gasteiger partial charge on any atom is -0.497 e. The fourth-order valence-electron chi connectivity index (χ4n) is 3.26. The molecule has 4 rings (SSSR count). The van der Waals surface area contributed by atoms with Crippen LogP contribution in [0.1, 0.15) is 41.8 Å². The third-order valence-corrected chi connectivity index (χ3v) is 4.84. The van der Waals surface area contributed by atoms with Crippen molar-refractivity contribution in [2.24, 2.45) is 0 Å². The Morgan fingerprint density at radius 3 is 2.89 bits per heavy atom. The summed E-state index contributed by atoms with van der Waals surface area (Å²) in [5, 5.41) is 12.5. The highest BCUT2D eigenvalue weighted by Crippen LogP contribution is 2.54. The highest BCUT2D eigenvalue weighted by molar-refractivity contribution is 5.46. The summed E-state index contributed by atoms with van der Waals surface area (Å²) in [5.41, 5.74) is 1.57. The molecule has 7 nitrogen and oxygen atoms in total. The largest absolute Gasteiger partial charge is 0.497 e. The molecular weight excluding hydrogens is 342 g/mol. The molecule has 1 N–H and O–H groups in total. The van der Waals surface area contributed by atoms with Gasteiger partial charge >= 0.3 is 0 Å². The molecule has 0 bridgehead atoms. The van der Waals surface area contributed by atoms with Crippen LogP contribution in [0, 0.1) is 11.3 Å². The molecule has 3 aromatic rings. The highest BCUT2D eigenvalue weighted by atomic mass is 16.5. The van der Waals surface area contributed by atoms with Crippen molar-refractivity contribution in [3.63, 3.8) is 0 Å². The van der Waals surface area contributed by atoms with E-state index in [9.17, 15) is 5.26 Å². The van der Waals surface area contributed by atoms with Crippen molar-refractivity contribution >= 4 is 5.88 Å². The Morgan fingerprint density at radius 1 is 1.33 bits per heavy atom. The van der Waals surface area contributed by atoms with E-state index < -0.39 is 0 Å². The molecule has 1 aliphatic carbocycles. The first-order valence-corrected chi connectivity index (χ1v) is 9.03. The Labute approximate surface area is 157 Å². The average molecular weight is 363 g/mol. The maximum absolute atomic E-state index is 9.34. The Kier molecular flexibility index (Phi) is 4.79. The van der Waals surface area contributed by atoms with Gasteiger partial charge in [0.05, 0.1) is 13.4 Å². The number of nitriles is 1. The van der Waals surface area contributed by atoms with Gasteiger partial charge in [0.2, 0.25) is 17.5 Å². The fourth-order valence-corrected chi connectivity index (χ4v) is 3.26. The van der Waals surface area contributed by atoms with E-state index in [2.05, 4.69) is 33.5 Å². The Bertz CT molecular complexity index is 924. The van der Waals surface area contributed by atoms with Crippen LogP contribution in [-0.2, 0) is 6.54 Å². The van der Waals surface area contributed by atoms with E-state index in [1.54, 1.807) is 19.6 Å². The summed E-state index contributed by atoms with van der Waals surface area (Å²) in [4.78, 5) is 8.42. The zero-order chi connectivity index (χ0) is 18.6. The first-order valence-electron chi connectivity index (χ1n) is 9.03. The monoisotopic (exact) mass is 363 g/mol. The number of hydrogen-bond acceptors (Lipinski definition) is 6. The van der Waals surface area contributed by atoms with Crippen LogP contribution in [0.15, 0.2) is 47.4 Å². The number of aromatic nitrogens is 3. The molecule has 2 heterocycles. The predicted octanol–water partition coefficient (Wildman–Crippen LogP) is 3.52. The van der Waals surface area contributed by atoms with E-state index in [0.717, 1.165) is 25.1 Å². The zero-order valence-corrected chi connectivity index (χ0v) is 15.1. The zero-order valence-electron chi connectivity index (χ0n) is 15.1. The molecule has 1 aromatic carbocycles. The van der Waals surface area contributed by atoms with E-state index >= 15 is 0 Å². The number of aryl methyl sites for hydroxylation is 1. The Hall–Kier alpha value is -3.27. The first kappa shape index (κ1) is 17.2. The molecule has 138 valence electrons. The first-order chi connectivity index (χ1) is 13.3. The summed E-state index contributed by atoms with van der Waals surface area (Å²) in [5.74, 6) is 2.58. The summed E-state index contributed by atoms with van der Waals surface area (Å²) >= 11 is 0. The maximum atomic E-state index is 9.34. The number of rotatable bonds is 8. The van der Waals surface area contributed by atoms with Gasteiger partial charge in [0.25, 0.3) is 0 Å². The Balaban J connectivity index is 1.36. The SMILES string of the molecule is COc1ccc(C2CC2c2nc(C#N)c(NCCCn3ccnc3)o2)cc1. The molecular formula is C20H21N5O2. The molecule has 0 amide bonds. The van der Waals surface area contributed by atoms with Crippen LogP contribution in [0.3, 0.4) is 0 Å². The molecule has 0 radical (unpaired) electrons. The lowest BCUT2D eigenvalue weighted by Gasteiger charge is -2.04. The van der Waals surface area contributed by atoms with Crippen LogP contribution in [-0.4, -0.2) is 28.2 Å². The van der Waals surface area contributed by atoms with Crippen molar-refractivity contribution in [1.29, 1.82) is 5.26 Å². The normalized spacial score (nSPS) is 18.1. The number of oxazole rings is 1. The second kappa shape index (κ2) is 7.54. The van der Waals surface area contributed by atoms with E-state index in [4.69, 9.17) is 9.15 Å². The second-order valence-electron chi connectivity index (χ2n) is 6.64. The van der Waals surface area contributed by atoms with Crippen molar-refractivity contribution in [3.8, 4) is 11.8 Å². The van der Waals surface area contributed by atoms with Crippen LogP contribution in [0.2, 0.25) is 0 Å². The van der Waals surface area contributed by atoms with Gasteiger partial charge < -0.3 is 19.0 Å². The third-order valence-electron chi connectivity index (χ3n) is 4.84. The lowest BCUT2D eigenvalue weighted by molar-refractivity contribution is 0.414. The van der Waals surface area contributed by atoms with Crippen molar-refractivity contribution < 1.29 is 9.15 Å². The summed E-state index contributed by atoms with van der Waals surface area (Å²) in [6.07, 6.45) is 7.37. The number of imidazole rings is 1. The molecule has 2 atom stereocenters. The summed E-state index contributed by atoms with van der Waals surface area (Å²) in [7, 11) is 1.66. The quantitative estimate of drug-likeness (QED) is 0.616. The van der Waals surface area contributed by atoms with Gasteiger partial charge in [0.15, 0.2) is 0 Å². The van der Waals surface area contributed by atoms with Crippen LogP contribution < -0.4 is 10.1 Å². The molecule has 0 aliphatic heterocycles. The summed E-state index contributed by atoms with van der Waals surface area (Å²) < 4.78 is 13.1. The van der Waals surface area contributed by atoms with Gasteiger partial charge in [-0.2, -0.15) is 5.26 Å². The molecule has 7 heteroatoms. The molecule has 27 heavy (non-hydrogen) atoms. The standard InChI is InChI=1S/C20H21N5O2/c1-26-15-5-3-14(4-6-15)16-11-17(16)19-24-18(12-21)20(27-19)23-7-2-9-25-10-8-22-13-25/h3-6,8,10,13,16-17,23H,2,7,9,11H2,1H3. The van der Waals surface area contributed by atoms with Gasteiger partial charge in [-0.15, -0.1) is 0 Å². The predicted molar refractivity (Wildman–Crippen MR) is 99.6 cm³/mol. The van der Waals surface area contributed by atoms with Crippen LogP contribution in [0.25, 0.3) is 0 Å². The van der Waals surface area contributed by atoms with Gasteiger partial charge in [-0.1, -0.05) is 12.1 Å². The van der Waals surface area contributed by atoms with Crippen LogP contribution in [0.4, 0.5) is 5.88 Å². The van der Waals surface area contributed by atoms with E-state index in [0.29, 0.717) is 29.9 Å². The topological polar surface area (TPSA) is 88.9 Å². The lowest BCUT2D eigenvalue weighted by atomic mass is 10.1. The van der Waals surface area contributed by atoms with Gasteiger partial charge in [-0.3, -0.25) is 0 Å². The molecule has 1 fully saturated rings. The summed E-state index contributed by atoms with van der Waals surface area (Å²) in [6.45, 7) is 1.56. The van der Waals surface area contributed by atoms with E-state index in [1.807, 2.05) is 22.9 Å². The minimum absolute atomic E-state index is 0.229. The number of ether oxygens (including phenoxy) is 1. The van der Waals surface area contributed by atoms with Gasteiger partial charge in [-0.05, 0) is 36.5 Å². The minimum atomic E-state index is 0.229. The number of benzene rings is 1. The lowest BCUT2D eigenvalue weighted by Crippen LogP contribution is -2.06. The van der Waals surface area contributed by atoms with Crippen molar-refractivity contribution in [2.75, 3.05) is 19.0 Å². The van der Waals surface area contributed by atoms with Gasteiger partial charge in [0, 0.05) is 31.4 Å². The number of nitrogens with zero attached hydrogens (tertiary/aromatic N) is 4. The average Bonchev–Trinajstić information content (AvgIpc) is 3.13. The molecule has 1 saturated carbocycles. The number of hydrogen-bond donors (Lipinski definition) is 1. The molecule has 1 aliphatic rings. The van der Waals surface area contributed by atoms with E-state index in [1.165, 1.54) is 5.56 Å². The number of methoxy groups -OCH3 is 1. The van der Waals surface area contributed by atoms with Crippen molar-refractivity contribution in [3.05, 3.63) is 60.1 Å². The van der Waals surface area contributed by atoms with Crippen LogP contribution in [0.5, 0.6) is 5.75 Å². The third kappa shape index (κ3) is 3.80. The molecule has 0 spiro atoms. The molecule has 0 saturated heterocycles. The molecule has 2 unspecified atom stereocenters. The fraction of sp³-hybridized carbons (Fsp3) is 0.350.